The zero-order chi connectivity index (χ0) is 9.40. The van der Waals surface area contributed by atoms with Crippen molar-refractivity contribution in [2.24, 2.45) is 0 Å². The van der Waals surface area contributed by atoms with Gasteiger partial charge in [0.25, 0.3) is 8.25 Å². The van der Waals surface area contributed by atoms with Gasteiger partial charge < -0.3 is 9.79 Å². The predicted molar refractivity (Wildman–Crippen MR) is 44.1 cm³/mol. The first-order valence-electron chi connectivity index (χ1n) is 3.16. The third kappa shape index (κ3) is 7.09. The lowest BCUT2D eigenvalue weighted by molar-refractivity contribution is -0.297. The summed E-state index contributed by atoms with van der Waals surface area (Å²) in [6.07, 6.45) is 1.83. The molecular weight excluding hydrogens is 175 g/mol. The van der Waals surface area contributed by atoms with Gasteiger partial charge >= 0.3 is 0 Å². The average molecular weight is 183 g/mol. The molecule has 0 saturated heterocycles. The van der Waals surface area contributed by atoms with E-state index in [2.05, 4.69) is 6.58 Å². The fraction of sp³-hybridized carbons (Fsp3) is 0. The summed E-state index contributed by atoms with van der Waals surface area (Å²) in [5, 5.41) is 0. The van der Waals surface area contributed by atoms with Gasteiger partial charge in [-0.25, -0.2) is 0 Å². The molecule has 1 aromatic carbocycles. The molecule has 0 bridgehead atoms. The van der Waals surface area contributed by atoms with Crippen molar-refractivity contribution in [3.8, 4) is 0 Å². The summed E-state index contributed by atoms with van der Waals surface area (Å²) in [5.74, 6) is 0. The predicted octanol–water partition coefficient (Wildman–Crippen LogP) is 0.694. The minimum Gasteiger partial charge on any atom is -0.598 e. The van der Waals surface area contributed by atoms with Gasteiger partial charge in [0.2, 0.25) is 0 Å². The molecule has 0 aliphatic rings. The molecule has 0 atom stereocenters. The molecule has 0 amide bonds. The Bertz CT molecular complexity index is 242. The van der Waals surface area contributed by atoms with E-state index < -0.39 is 8.25 Å². The standard InChI is InChI=1S/C8H8.HO3P/c1-2-8-6-4-3-5-7-8;1-4(2)3/h2-7H,1H2;(H,1,2,3)/p-1. The van der Waals surface area contributed by atoms with E-state index in [1.54, 1.807) is 0 Å². The highest BCUT2D eigenvalue weighted by molar-refractivity contribution is 7.27. The molecule has 1 rings (SSSR count). The van der Waals surface area contributed by atoms with Crippen molar-refractivity contribution in [2.45, 2.75) is 0 Å². The Morgan fingerprint density at radius 2 is 1.67 bits per heavy atom. The maximum Gasteiger partial charge on any atom is 0.276 e. The quantitative estimate of drug-likeness (QED) is 0.602. The molecule has 0 aliphatic heterocycles. The lowest BCUT2D eigenvalue weighted by Crippen LogP contribution is -1.97. The van der Waals surface area contributed by atoms with Crippen LogP contribution in [0.1, 0.15) is 5.56 Å². The van der Waals surface area contributed by atoms with E-state index in [0.717, 1.165) is 0 Å². The van der Waals surface area contributed by atoms with E-state index >= 15 is 0 Å². The molecule has 12 heavy (non-hydrogen) atoms. The van der Waals surface area contributed by atoms with Gasteiger partial charge in [-0.1, -0.05) is 47.6 Å². The van der Waals surface area contributed by atoms with Crippen LogP contribution in [0.25, 0.3) is 6.08 Å². The number of hydrogen-bond donors (Lipinski definition) is 0. The van der Waals surface area contributed by atoms with Gasteiger partial charge in [-0.2, -0.15) is 0 Å². The number of benzene rings is 1. The molecule has 4 heteroatoms. The first-order valence-corrected chi connectivity index (χ1v) is 4.25. The van der Waals surface area contributed by atoms with E-state index in [1.807, 2.05) is 36.4 Å². The number of rotatable bonds is 1. The SMILES string of the molecule is C=Cc1ccccc1.O=[P+]([O-])[O-]. The third-order valence-electron chi connectivity index (χ3n) is 1.04. The van der Waals surface area contributed by atoms with Crippen LogP contribution in [-0.2, 0) is 4.57 Å². The van der Waals surface area contributed by atoms with E-state index in [1.165, 1.54) is 5.56 Å². The van der Waals surface area contributed by atoms with Crippen molar-refractivity contribution in [3.63, 3.8) is 0 Å². The summed E-state index contributed by atoms with van der Waals surface area (Å²) in [6, 6.07) is 10.0. The van der Waals surface area contributed by atoms with E-state index in [-0.39, 0.29) is 0 Å². The van der Waals surface area contributed by atoms with E-state index in [4.69, 9.17) is 14.4 Å². The summed E-state index contributed by atoms with van der Waals surface area (Å²) in [7, 11) is -3.37. The molecule has 0 saturated carbocycles. The Kier molecular flexibility index (Phi) is 6.11. The summed E-state index contributed by atoms with van der Waals surface area (Å²) in [4.78, 5) is 17.0. The normalized spacial score (nSPS) is 7.83. The second-order valence-electron chi connectivity index (χ2n) is 1.84. The molecule has 0 N–H and O–H groups in total. The van der Waals surface area contributed by atoms with Gasteiger partial charge in [0.05, 0.1) is 0 Å². The summed E-state index contributed by atoms with van der Waals surface area (Å²) in [5.41, 5.74) is 1.17. The summed E-state index contributed by atoms with van der Waals surface area (Å²) >= 11 is 0. The Labute approximate surface area is 71.9 Å². The molecule has 0 fully saturated rings. The van der Waals surface area contributed by atoms with E-state index in [9.17, 15) is 0 Å². The smallest absolute Gasteiger partial charge is 0.276 e. The zero-order valence-corrected chi connectivity index (χ0v) is 7.24. The fourth-order valence-electron chi connectivity index (χ4n) is 0.589. The second-order valence-corrected chi connectivity index (χ2v) is 2.29. The zero-order valence-electron chi connectivity index (χ0n) is 6.34. The highest BCUT2D eigenvalue weighted by Gasteiger charge is 1.75. The van der Waals surface area contributed by atoms with Gasteiger partial charge in [-0.05, 0) is 5.56 Å². The lowest BCUT2D eigenvalue weighted by Gasteiger charge is -1.85. The third-order valence-corrected chi connectivity index (χ3v) is 1.04. The van der Waals surface area contributed by atoms with Gasteiger partial charge in [0.1, 0.15) is 0 Å². The van der Waals surface area contributed by atoms with Crippen molar-refractivity contribution in [3.05, 3.63) is 42.5 Å². The van der Waals surface area contributed by atoms with Crippen molar-refractivity contribution in [1.82, 2.24) is 0 Å². The molecule has 0 aliphatic carbocycles. The number of hydrogen-bond acceptors (Lipinski definition) is 3. The second kappa shape index (κ2) is 6.68. The van der Waals surface area contributed by atoms with E-state index in [0.29, 0.717) is 0 Å². The monoisotopic (exact) mass is 183 g/mol. The van der Waals surface area contributed by atoms with Gasteiger partial charge in [-0.15, -0.1) is 0 Å². The van der Waals surface area contributed by atoms with Gasteiger partial charge in [0, 0.05) is 0 Å². The molecule has 3 nitrogen and oxygen atoms in total. The first-order chi connectivity index (χ1) is 5.66. The minimum atomic E-state index is -3.37. The van der Waals surface area contributed by atoms with Crippen molar-refractivity contribution in [1.29, 1.82) is 0 Å². The van der Waals surface area contributed by atoms with Crippen LogP contribution in [0.15, 0.2) is 36.9 Å². The molecule has 64 valence electrons. The largest absolute Gasteiger partial charge is 0.598 e. The molecule has 0 radical (unpaired) electrons. The Hall–Kier alpha value is -1.02. The van der Waals surface area contributed by atoms with Crippen LogP contribution >= 0.6 is 8.25 Å². The molecular formula is C8H8O3P-. The molecule has 0 spiro atoms. The maximum atomic E-state index is 8.48. The molecule has 1 aromatic rings. The first kappa shape index (κ1) is 11.0. The topological polar surface area (TPSA) is 63.2 Å². The van der Waals surface area contributed by atoms with Crippen LogP contribution in [0.3, 0.4) is 0 Å². The molecule has 0 unspecified atom stereocenters. The molecule has 0 aromatic heterocycles. The van der Waals surface area contributed by atoms with Crippen molar-refractivity contribution in [2.75, 3.05) is 0 Å². The van der Waals surface area contributed by atoms with Gasteiger partial charge in [-0.3, -0.25) is 0 Å². The minimum absolute atomic E-state index is 1.17. The van der Waals surface area contributed by atoms with Crippen molar-refractivity contribution >= 4 is 14.3 Å². The summed E-state index contributed by atoms with van der Waals surface area (Å²) in [6.45, 7) is 3.63. The maximum absolute atomic E-state index is 8.48. The Morgan fingerprint density at radius 1 is 1.25 bits per heavy atom. The molecule has 0 heterocycles. The van der Waals surface area contributed by atoms with Crippen LogP contribution < -0.4 is 9.79 Å². The average Bonchev–Trinajstić information content (AvgIpc) is 2.05. The Balaban J connectivity index is 0.000000261. The van der Waals surface area contributed by atoms with Crippen LogP contribution in [0.4, 0.5) is 0 Å². The highest BCUT2D eigenvalue weighted by Crippen LogP contribution is 1.97. The van der Waals surface area contributed by atoms with Crippen LogP contribution in [0, 0.1) is 0 Å². The van der Waals surface area contributed by atoms with Crippen molar-refractivity contribution < 1.29 is 14.4 Å². The van der Waals surface area contributed by atoms with Crippen LogP contribution in [0.5, 0.6) is 0 Å². The van der Waals surface area contributed by atoms with Crippen LogP contribution in [-0.4, -0.2) is 0 Å². The van der Waals surface area contributed by atoms with Crippen LogP contribution in [0.2, 0.25) is 0 Å². The fourth-order valence-corrected chi connectivity index (χ4v) is 0.589. The highest BCUT2D eigenvalue weighted by atomic mass is 31.1. The lowest BCUT2D eigenvalue weighted by atomic mass is 10.2. The Morgan fingerprint density at radius 3 is 1.92 bits per heavy atom. The van der Waals surface area contributed by atoms with Gasteiger partial charge in [0.15, 0.2) is 0 Å². The summed E-state index contributed by atoms with van der Waals surface area (Å²) < 4.78 is 8.48.